The van der Waals surface area contributed by atoms with Crippen LogP contribution in [0.1, 0.15) is 68.5 Å². The average molecular weight is 220 g/mol. The van der Waals surface area contributed by atoms with Gasteiger partial charge in [0.25, 0.3) is 0 Å². The van der Waals surface area contributed by atoms with Gasteiger partial charge in [-0.05, 0) is 25.7 Å². The van der Waals surface area contributed by atoms with Crippen LogP contribution in [0.15, 0.2) is 6.20 Å². The van der Waals surface area contributed by atoms with E-state index in [0.29, 0.717) is 5.92 Å². The summed E-state index contributed by atoms with van der Waals surface area (Å²) in [4.78, 5) is 4.67. The molecule has 1 saturated carbocycles. The highest BCUT2D eigenvalue weighted by molar-refractivity contribution is 5.13. The molecule has 0 bridgehead atoms. The van der Waals surface area contributed by atoms with Crippen molar-refractivity contribution in [1.82, 2.24) is 9.55 Å². The average Bonchev–Trinajstić information content (AvgIpc) is 2.76. The molecule has 1 aliphatic heterocycles. The Morgan fingerprint density at radius 1 is 1.12 bits per heavy atom. The molecule has 3 rings (SSSR count). The van der Waals surface area contributed by atoms with Crippen molar-refractivity contribution in [3.05, 3.63) is 17.7 Å². The minimum absolute atomic E-state index is 0.328. The highest BCUT2D eigenvalue weighted by Gasteiger charge is 2.24. The van der Waals surface area contributed by atoms with Crippen molar-refractivity contribution < 1.29 is 5.11 Å². The van der Waals surface area contributed by atoms with Gasteiger partial charge >= 0.3 is 0 Å². The molecule has 1 aliphatic carbocycles. The van der Waals surface area contributed by atoms with Crippen LogP contribution in [0.4, 0.5) is 0 Å². The summed E-state index contributed by atoms with van der Waals surface area (Å²) >= 11 is 0. The molecule has 16 heavy (non-hydrogen) atoms. The molecule has 1 unspecified atom stereocenters. The van der Waals surface area contributed by atoms with Gasteiger partial charge in [0, 0.05) is 18.7 Å². The van der Waals surface area contributed by atoms with Gasteiger partial charge in [-0.25, -0.2) is 4.98 Å². The summed E-state index contributed by atoms with van der Waals surface area (Å²) < 4.78 is 2.16. The third kappa shape index (κ3) is 1.77. The lowest BCUT2D eigenvalue weighted by molar-refractivity contribution is 0.133. The van der Waals surface area contributed by atoms with E-state index < -0.39 is 0 Å². The second kappa shape index (κ2) is 4.21. The van der Waals surface area contributed by atoms with E-state index in [0.717, 1.165) is 25.2 Å². The van der Waals surface area contributed by atoms with Gasteiger partial charge in [-0.3, -0.25) is 0 Å². The topological polar surface area (TPSA) is 38.0 Å². The van der Waals surface area contributed by atoms with E-state index in [1.165, 1.54) is 37.8 Å². The number of imidazole rings is 1. The molecule has 0 amide bonds. The Bertz CT molecular complexity index is 366. The normalized spacial score (nSPS) is 26.7. The number of aryl methyl sites for hydroxylation is 1. The molecule has 88 valence electrons. The molecule has 2 aliphatic rings. The smallest absolute Gasteiger partial charge is 0.137 e. The van der Waals surface area contributed by atoms with Crippen molar-refractivity contribution in [3.8, 4) is 0 Å². The summed E-state index contributed by atoms with van der Waals surface area (Å²) in [6.45, 7) is 1.03. The summed E-state index contributed by atoms with van der Waals surface area (Å²) in [6.07, 6.45) is 10.5. The number of aromatic nitrogens is 2. The van der Waals surface area contributed by atoms with Crippen LogP contribution in [0.2, 0.25) is 0 Å². The lowest BCUT2D eigenvalue weighted by Gasteiger charge is -2.19. The van der Waals surface area contributed by atoms with Crippen molar-refractivity contribution in [3.63, 3.8) is 0 Å². The van der Waals surface area contributed by atoms with Crippen LogP contribution in [0.3, 0.4) is 0 Å². The van der Waals surface area contributed by atoms with Crippen LogP contribution >= 0.6 is 0 Å². The molecule has 1 fully saturated rings. The molecule has 0 aromatic carbocycles. The zero-order valence-corrected chi connectivity index (χ0v) is 9.73. The van der Waals surface area contributed by atoms with Crippen LogP contribution in [-0.4, -0.2) is 14.7 Å². The summed E-state index contributed by atoms with van der Waals surface area (Å²) in [6, 6.07) is 0. The molecule has 1 aromatic heterocycles. The molecule has 1 N–H and O–H groups in total. The van der Waals surface area contributed by atoms with E-state index in [2.05, 4.69) is 15.7 Å². The van der Waals surface area contributed by atoms with Crippen molar-refractivity contribution in [2.75, 3.05) is 0 Å². The van der Waals surface area contributed by atoms with Crippen molar-refractivity contribution in [2.45, 2.75) is 63.5 Å². The Kier molecular flexibility index (Phi) is 2.72. The molecular formula is C13H20N2O. The highest BCUT2D eigenvalue weighted by Crippen LogP contribution is 2.34. The Labute approximate surface area is 96.5 Å². The van der Waals surface area contributed by atoms with Crippen LogP contribution in [0.25, 0.3) is 0 Å². The summed E-state index contributed by atoms with van der Waals surface area (Å²) in [7, 11) is 0. The molecule has 0 radical (unpaired) electrons. The third-order valence-corrected chi connectivity index (χ3v) is 4.02. The Hall–Kier alpha value is -0.830. The number of hydrogen-bond donors (Lipinski definition) is 1. The van der Waals surface area contributed by atoms with Gasteiger partial charge in [0.15, 0.2) is 0 Å². The van der Waals surface area contributed by atoms with Crippen LogP contribution in [-0.2, 0) is 6.54 Å². The van der Waals surface area contributed by atoms with Crippen molar-refractivity contribution in [1.29, 1.82) is 0 Å². The van der Waals surface area contributed by atoms with Gasteiger partial charge in [-0.15, -0.1) is 0 Å². The van der Waals surface area contributed by atoms with E-state index in [1.807, 2.05) is 0 Å². The minimum atomic E-state index is -0.328. The first-order chi connectivity index (χ1) is 7.84. The Morgan fingerprint density at radius 2 is 1.94 bits per heavy atom. The van der Waals surface area contributed by atoms with E-state index in [1.54, 1.807) is 0 Å². The van der Waals surface area contributed by atoms with Crippen LogP contribution in [0.5, 0.6) is 0 Å². The maximum absolute atomic E-state index is 9.89. The van der Waals surface area contributed by atoms with Gasteiger partial charge in [0.1, 0.15) is 11.9 Å². The van der Waals surface area contributed by atoms with Gasteiger partial charge in [-0.1, -0.05) is 19.3 Å². The first-order valence-corrected chi connectivity index (χ1v) is 6.59. The molecule has 3 heteroatoms. The van der Waals surface area contributed by atoms with Gasteiger partial charge in [-0.2, -0.15) is 0 Å². The second-order valence-electron chi connectivity index (χ2n) is 5.21. The van der Waals surface area contributed by atoms with Gasteiger partial charge < -0.3 is 9.67 Å². The first kappa shape index (κ1) is 10.3. The van der Waals surface area contributed by atoms with E-state index in [4.69, 9.17) is 0 Å². The lowest BCUT2D eigenvalue weighted by Crippen LogP contribution is -2.14. The summed E-state index contributed by atoms with van der Waals surface area (Å²) in [5, 5.41) is 9.89. The summed E-state index contributed by atoms with van der Waals surface area (Å²) in [5.41, 5.74) is 1.23. The maximum atomic E-state index is 9.89. The number of aliphatic hydroxyl groups excluding tert-OH is 1. The minimum Gasteiger partial charge on any atom is -0.385 e. The highest BCUT2D eigenvalue weighted by atomic mass is 16.3. The van der Waals surface area contributed by atoms with Crippen LogP contribution < -0.4 is 0 Å². The van der Waals surface area contributed by atoms with Gasteiger partial charge in [0.2, 0.25) is 0 Å². The Morgan fingerprint density at radius 3 is 2.69 bits per heavy atom. The largest absolute Gasteiger partial charge is 0.385 e. The van der Waals surface area contributed by atoms with E-state index in [-0.39, 0.29) is 6.10 Å². The van der Waals surface area contributed by atoms with E-state index in [9.17, 15) is 5.11 Å². The number of aliphatic hydroxyl groups is 1. The molecule has 3 nitrogen and oxygen atoms in total. The van der Waals surface area contributed by atoms with E-state index >= 15 is 0 Å². The molecule has 0 spiro atoms. The maximum Gasteiger partial charge on any atom is 0.137 e. The summed E-state index contributed by atoms with van der Waals surface area (Å²) in [5.74, 6) is 1.56. The fourth-order valence-electron chi connectivity index (χ4n) is 3.08. The zero-order valence-electron chi connectivity index (χ0n) is 9.73. The number of rotatable bonds is 1. The zero-order chi connectivity index (χ0) is 11.0. The predicted octanol–water partition coefficient (Wildman–Crippen LogP) is 2.76. The fraction of sp³-hybridized carbons (Fsp3) is 0.769. The molecular weight excluding hydrogens is 200 g/mol. The quantitative estimate of drug-likeness (QED) is 0.790. The molecule has 1 aromatic rings. The molecule has 1 atom stereocenters. The number of hydrogen-bond acceptors (Lipinski definition) is 2. The predicted molar refractivity (Wildman–Crippen MR) is 62.2 cm³/mol. The van der Waals surface area contributed by atoms with Crippen LogP contribution in [0, 0.1) is 0 Å². The number of fused-ring (bicyclic) bond motifs is 1. The molecule has 0 saturated heterocycles. The van der Waals surface area contributed by atoms with Crippen molar-refractivity contribution >= 4 is 0 Å². The monoisotopic (exact) mass is 220 g/mol. The number of nitrogens with zero attached hydrogens (tertiary/aromatic N) is 2. The first-order valence-electron chi connectivity index (χ1n) is 6.59. The Balaban J connectivity index is 1.85. The fourth-order valence-corrected chi connectivity index (χ4v) is 3.08. The SMILES string of the molecule is OC1CCCn2cc(C3CCCCC3)nc21. The standard InChI is InChI=1S/C13H20N2O/c16-12-7-4-8-15-9-11(14-13(12)15)10-5-2-1-3-6-10/h9-10,12,16H,1-8H2. The third-order valence-electron chi connectivity index (χ3n) is 4.02. The molecule has 2 heterocycles. The van der Waals surface area contributed by atoms with Crippen molar-refractivity contribution in [2.24, 2.45) is 0 Å². The lowest BCUT2D eigenvalue weighted by atomic mass is 9.87. The van der Waals surface area contributed by atoms with Gasteiger partial charge in [0.05, 0.1) is 5.69 Å². The second-order valence-corrected chi connectivity index (χ2v) is 5.21.